The van der Waals surface area contributed by atoms with Gasteiger partial charge in [-0.25, -0.2) is 0 Å². The van der Waals surface area contributed by atoms with Gasteiger partial charge >= 0.3 is 0 Å². The van der Waals surface area contributed by atoms with E-state index in [2.05, 4.69) is 6.92 Å². The summed E-state index contributed by atoms with van der Waals surface area (Å²) in [5, 5.41) is 0.729. The molecule has 2 rings (SSSR count). The van der Waals surface area contributed by atoms with Gasteiger partial charge in [0.15, 0.2) is 5.75 Å². The number of piperidine rings is 1. The Morgan fingerprint density at radius 3 is 2.26 bits per heavy atom. The number of carbonyl (C=O) groups is 1. The third-order valence-electron chi connectivity index (χ3n) is 3.52. The second-order valence-electron chi connectivity index (χ2n) is 4.95. The third-order valence-corrected chi connectivity index (χ3v) is 4.08. The largest absolute Gasteiger partial charge is 0.494 e. The summed E-state index contributed by atoms with van der Waals surface area (Å²) in [6.45, 7) is 3.80. The monoisotopic (exact) mass is 301 g/mol. The molecular weight excluding hydrogens is 285 g/mol. The Morgan fingerprint density at radius 2 is 1.79 bits per heavy atom. The molecule has 0 bridgehead atoms. The number of hydrogen-bond acceptors (Lipinski definition) is 2. The van der Waals surface area contributed by atoms with Gasteiger partial charge in [0.05, 0.1) is 17.2 Å². The highest BCUT2D eigenvalue weighted by Gasteiger charge is 2.22. The summed E-state index contributed by atoms with van der Waals surface area (Å²) in [5.41, 5.74) is 0.519. The van der Waals surface area contributed by atoms with Crippen molar-refractivity contribution >= 4 is 29.1 Å². The molecule has 5 heteroatoms. The Bertz CT molecular complexity index is 459. The Balaban J connectivity index is 2.20. The standard InChI is InChI=1S/C14H17Cl2NO2/c1-9-3-5-17(6-4-9)14(18)10-7-11(15)13(19-2)12(16)8-10/h7-9H,3-6H2,1-2H3. The lowest BCUT2D eigenvalue weighted by atomic mass is 9.98. The van der Waals surface area contributed by atoms with Gasteiger partial charge < -0.3 is 9.64 Å². The minimum absolute atomic E-state index is 0.0154. The maximum absolute atomic E-state index is 12.4. The molecule has 0 spiro atoms. The summed E-state index contributed by atoms with van der Waals surface area (Å²) in [6, 6.07) is 3.24. The first kappa shape index (κ1) is 14.5. The molecule has 1 fully saturated rings. The quantitative estimate of drug-likeness (QED) is 0.830. The van der Waals surface area contributed by atoms with E-state index in [9.17, 15) is 4.79 Å². The minimum atomic E-state index is -0.0154. The lowest BCUT2D eigenvalue weighted by molar-refractivity contribution is 0.0697. The first-order chi connectivity index (χ1) is 9.02. The Labute approximate surface area is 123 Å². The average Bonchev–Trinajstić information content (AvgIpc) is 2.38. The number of methoxy groups -OCH3 is 1. The van der Waals surface area contributed by atoms with Crippen molar-refractivity contribution in [2.24, 2.45) is 5.92 Å². The van der Waals surface area contributed by atoms with Crippen LogP contribution in [0.4, 0.5) is 0 Å². The molecule has 1 aliphatic heterocycles. The van der Waals surface area contributed by atoms with Crippen molar-refractivity contribution < 1.29 is 9.53 Å². The summed E-state index contributed by atoms with van der Waals surface area (Å²) in [7, 11) is 1.50. The van der Waals surface area contributed by atoms with Crippen molar-refractivity contribution in [2.45, 2.75) is 19.8 Å². The molecule has 1 aromatic rings. The van der Waals surface area contributed by atoms with Crippen molar-refractivity contribution in [1.29, 1.82) is 0 Å². The van der Waals surface area contributed by atoms with Crippen LogP contribution in [0.1, 0.15) is 30.1 Å². The second kappa shape index (κ2) is 6.02. The van der Waals surface area contributed by atoms with Crippen molar-refractivity contribution in [1.82, 2.24) is 4.90 Å². The molecule has 0 aromatic heterocycles. The van der Waals surface area contributed by atoms with E-state index in [1.54, 1.807) is 12.1 Å². The molecule has 1 saturated heterocycles. The van der Waals surface area contributed by atoms with E-state index in [1.807, 2.05) is 4.90 Å². The van der Waals surface area contributed by atoms with E-state index in [4.69, 9.17) is 27.9 Å². The zero-order valence-electron chi connectivity index (χ0n) is 11.1. The average molecular weight is 302 g/mol. The van der Waals surface area contributed by atoms with Gasteiger partial charge in [0.25, 0.3) is 5.91 Å². The van der Waals surface area contributed by atoms with Gasteiger partial charge in [-0.3, -0.25) is 4.79 Å². The van der Waals surface area contributed by atoms with Gasteiger partial charge in [0, 0.05) is 18.7 Å². The van der Waals surface area contributed by atoms with Crippen molar-refractivity contribution in [3.8, 4) is 5.75 Å². The third kappa shape index (κ3) is 3.15. The maximum atomic E-state index is 12.4. The number of nitrogens with zero attached hydrogens (tertiary/aromatic N) is 1. The van der Waals surface area contributed by atoms with Crippen LogP contribution in [-0.2, 0) is 0 Å². The summed E-state index contributed by atoms with van der Waals surface area (Å²) >= 11 is 12.1. The molecule has 1 heterocycles. The summed E-state index contributed by atoms with van der Waals surface area (Å²) < 4.78 is 5.08. The fourth-order valence-electron chi connectivity index (χ4n) is 2.27. The van der Waals surface area contributed by atoms with E-state index < -0.39 is 0 Å². The first-order valence-electron chi connectivity index (χ1n) is 6.35. The van der Waals surface area contributed by atoms with E-state index in [-0.39, 0.29) is 5.91 Å². The van der Waals surface area contributed by atoms with Gasteiger partial charge in [-0.15, -0.1) is 0 Å². The fraction of sp³-hybridized carbons (Fsp3) is 0.500. The number of amides is 1. The molecular formula is C14H17Cl2NO2. The number of halogens is 2. The van der Waals surface area contributed by atoms with E-state index >= 15 is 0 Å². The molecule has 19 heavy (non-hydrogen) atoms. The van der Waals surface area contributed by atoms with Gasteiger partial charge in [0.1, 0.15) is 0 Å². The highest BCUT2D eigenvalue weighted by atomic mass is 35.5. The number of likely N-dealkylation sites (tertiary alicyclic amines) is 1. The van der Waals surface area contributed by atoms with Gasteiger partial charge in [0.2, 0.25) is 0 Å². The Kier molecular flexibility index (Phi) is 4.58. The molecule has 1 amide bonds. The van der Waals surface area contributed by atoms with Gasteiger partial charge in [-0.1, -0.05) is 30.1 Å². The van der Waals surface area contributed by atoms with Crippen LogP contribution < -0.4 is 4.74 Å². The smallest absolute Gasteiger partial charge is 0.253 e. The summed E-state index contributed by atoms with van der Waals surface area (Å²) in [5.74, 6) is 1.08. The van der Waals surface area contributed by atoms with E-state index in [0.29, 0.717) is 27.3 Å². The Hall–Kier alpha value is -0.930. The number of ether oxygens (including phenoxy) is 1. The highest BCUT2D eigenvalue weighted by molar-refractivity contribution is 6.37. The van der Waals surface area contributed by atoms with E-state index in [1.165, 1.54) is 7.11 Å². The van der Waals surface area contributed by atoms with Crippen LogP contribution in [0.2, 0.25) is 10.0 Å². The predicted molar refractivity (Wildman–Crippen MR) is 77.3 cm³/mol. The minimum Gasteiger partial charge on any atom is -0.494 e. The maximum Gasteiger partial charge on any atom is 0.253 e. The summed E-state index contributed by atoms with van der Waals surface area (Å²) in [6.07, 6.45) is 2.09. The molecule has 0 unspecified atom stereocenters. The number of carbonyl (C=O) groups excluding carboxylic acids is 1. The van der Waals surface area contributed by atoms with Crippen molar-refractivity contribution in [2.75, 3.05) is 20.2 Å². The summed E-state index contributed by atoms with van der Waals surface area (Å²) in [4.78, 5) is 14.2. The molecule has 0 radical (unpaired) electrons. The fourth-order valence-corrected chi connectivity index (χ4v) is 2.91. The number of hydrogen-bond donors (Lipinski definition) is 0. The molecule has 1 aliphatic rings. The second-order valence-corrected chi connectivity index (χ2v) is 5.76. The molecule has 0 atom stereocenters. The van der Waals surface area contributed by atoms with Crippen LogP contribution in [0.15, 0.2) is 12.1 Å². The zero-order valence-corrected chi connectivity index (χ0v) is 12.6. The van der Waals surface area contributed by atoms with Crippen molar-refractivity contribution in [3.05, 3.63) is 27.7 Å². The van der Waals surface area contributed by atoms with E-state index in [0.717, 1.165) is 25.9 Å². The van der Waals surface area contributed by atoms with Crippen LogP contribution in [0.3, 0.4) is 0 Å². The SMILES string of the molecule is COc1c(Cl)cc(C(=O)N2CCC(C)CC2)cc1Cl. The van der Waals surface area contributed by atoms with Crippen LogP contribution in [0.25, 0.3) is 0 Å². The Morgan fingerprint density at radius 1 is 1.26 bits per heavy atom. The van der Waals surface area contributed by atoms with Crippen molar-refractivity contribution in [3.63, 3.8) is 0 Å². The topological polar surface area (TPSA) is 29.5 Å². The number of benzene rings is 1. The predicted octanol–water partition coefficient (Wildman–Crippen LogP) is 3.87. The molecule has 1 aromatic carbocycles. The van der Waals surface area contributed by atoms with Crippen LogP contribution in [-0.4, -0.2) is 31.0 Å². The molecule has 104 valence electrons. The zero-order chi connectivity index (χ0) is 14.0. The number of rotatable bonds is 2. The van der Waals surface area contributed by atoms with Crippen LogP contribution in [0.5, 0.6) is 5.75 Å². The van der Waals surface area contributed by atoms with Gasteiger partial charge in [-0.2, -0.15) is 0 Å². The molecule has 0 aliphatic carbocycles. The lowest BCUT2D eigenvalue weighted by Crippen LogP contribution is -2.37. The molecule has 0 N–H and O–H groups in total. The highest BCUT2D eigenvalue weighted by Crippen LogP contribution is 2.34. The first-order valence-corrected chi connectivity index (χ1v) is 7.10. The lowest BCUT2D eigenvalue weighted by Gasteiger charge is -2.30. The molecule has 3 nitrogen and oxygen atoms in total. The van der Waals surface area contributed by atoms with Crippen LogP contribution in [0, 0.1) is 5.92 Å². The van der Waals surface area contributed by atoms with Crippen LogP contribution >= 0.6 is 23.2 Å². The normalized spacial score (nSPS) is 16.5. The molecule has 0 saturated carbocycles. The van der Waals surface area contributed by atoms with Gasteiger partial charge in [-0.05, 0) is 30.9 Å².